The highest BCUT2D eigenvalue weighted by atomic mass is 16.5. The number of carbonyl (C=O) groups excluding carboxylic acids is 1. The number of benzene rings is 1. The van der Waals surface area contributed by atoms with E-state index in [0.29, 0.717) is 0 Å². The summed E-state index contributed by atoms with van der Waals surface area (Å²) in [6.07, 6.45) is 0. The van der Waals surface area contributed by atoms with E-state index in [1.165, 1.54) is 0 Å². The van der Waals surface area contributed by atoms with Crippen molar-refractivity contribution in [3.05, 3.63) is 23.3 Å². The lowest BCUT2D eigenvalue weighted by molar-refractivity contribution is -0.116. The maximum absolute atomic E-state index is 10.7. The highest BCUT2D eigenvalue weighted by molar-refractivity contribution is 5.80. The van der Waals surface area contributed by atoms with Gasteiger partial charge in [-0.25, -0.2) is 0 Å². The Balaban J connectivity index is 2.98. The Morgan fingerprint density at radius 1 is 1.47 bits per heavy atom. The fourth-order valence-corrected chi connectivity index (χ4v) is 1.49. The number of primary amides is 1. The van der Waals surface area contributed by atoms with Gasteiger partial charge in [-0.1, -0.05) is 6.07 Å². The van der Waals surface area contributed by atoms with E-state index in [9.17, 15) is 4.79 Å². The predicted molar refractivity (Wildman–Crippen MR) is 60.2 cm³/mol. The van der Waals surface area contributed by atoms with E-state index in [4.69, 9.17) is 10.5 Å². The molecule has 1 amide bonds. The molecule has 1 aromatic rings. The van der Waals surface area contributed by atoms with Crippen LogP contribution in [0.2, 0.25) is 0 Å². The van der Waals surface area contributed by atoms with E-state index < -0.39 is 5.91 Å². The summed E-state index contributed by atoms with van der Waals surface area (Å²) < 4.78 is 5.22. The molecule has 82 valence electrons. The fraction of sp³-hybridized carbons (Fsp3) is 0.364. The van der Waals surface area contributed by atoms with Gasteiger partial charge in [0.1, 0.15) is 5.75 Å². The first-order valence-electron chi connectivity index (χ1n) is 4.72. The number of anilines is 1. The van der Waals surface area contributed by atoms with E-state index in [1.807, 2.05) is 26.0 Å². The molecule has 3 N–H and O–H groups in total. The summed E-state index contributed by atoms with van der Waals surface area (Å²) in [4.78, 5) is 10.7. The van der Waals surface area contributed by atoms with Crippen LogP contribution in [0.15, 0.2) is 12.1 Å². The van der Waals surface area contributed by atoms with Crippen LogP contribution in [0.1, 0.15) is 11.1 Å². The van der Waals surface area contributed by atoms with Gasteiger partial charge in [-0.3, -0.25) is 4.79 Å². The molecule has 0 saturated heterocycles. The predicted octanol–water partition coefficient (Wildman–Crippen LogP) is 1.21. The van der Waals surface area contributed by atoms with Crippen molar-refractivity contribution in [2.75, 3.05) is 19.0 Å². The topological polar surface area (TPSA) is 64.3 Å². The van der Waals surface area contributed by atoms with Gasteiger partial charge in [-0.2, -0.15) is 0 Å². The number of nitrogens with one attached hydrogen (secondary N) is 1. The van der Waals surface area contributed by atoms with E-state index in [2.05, 4.69) is 5.32 Å². The molecular formula is C11H16N2O2. The molecular weight excluding hydrogens is 192 g/mol. The summed E-state index contributed by atoms with van der Waals surface area (Å²) in [6, 6.07) is 3.93. The Bertz CT molecular complexity index is 375. The second-order valence-corrected chi connectivity index (χ2v) is 3.48. The molecule has 1 rings (SSSR count). The van der Waals surface area contributed by atoms with Crippen LogP contribution in [0, 0.1) is 13.8 Å². The van der Waals surface area contributed by atoms with Gasteiger partial charge in [0.2, 0.25) is 5.91 Å². The van der Waals surface area contributed by atoms with E-state index in [-0.39, 0.29) is 6.54 Å². The van der Waals surface area contributed by atoms with Gasteiger partial charge in [0.05, 0.1) is 19.3 Å². The van der Waals surface area contributed by atoms with E-state index in [0.717, 1.165) is 22.6 Å². The Morgan fingerprint density at radius 2 is 2.13 bits per heavy atom. The number of ether oxygens (including phenoxy) is 1. The van der Waals surface area contributed by atoms with Crippen molar-refractivity contribution >= 4 is 11.6 Å². The molecule has 0 saturated carbocycles. The van der Waals surface area contributed by atoms with Gasteiger partial charge in [0, 0.05) is 0 Å². The molecule has 4 heteroatoms. The molecule has 0 radical (unpaired) electrons. The fourth-order valence-electron chi connectivity index (χ4n) is 1.49. The standard InChI is InChI=1S/C11H16N2O2/c1-7-4-8(2)11(9(5-7)15-3)13-6-10(12)14/h4-5,13H,6H2,1-3H3,(H2,12,14). The van der Waals surface area contributed by atoms with E-state index >= 15 is 0 Å². The number of amides is 1. The zero-order valence-electron chi connectivity index (χ0n) is 9.26. The molecule has 0 aliphatic heterocycles. The largest absolute Gasteiger partial charge is 0.495 e. The minimum absolute atomic E-state index is 0.111. The zero-order valence-corrected chi connectivity index (χ0v) is 9.26. The van der Waals surface area contributed by atoms with Gasteiger partial charge in [-0.05, 0) is 31.0 Å². The quantitative estimate of drug-likeness (QED) is 0.781. The maximum atomic E-state index is 10.7. The highest BCUT2D eigenvalue weighted by Crippen LogP contribution is 2.29. The average molecular weight is 208 g/mol. The third kappa shape index (κ3) is 2.87. The summed E-state index contributed by atoms with van der Waals surface area (Å²) in [5.74, 6) is 0.339. The van der Waals surface area contributed by atoms with Gasteiger partial charge in [0.15, 0.2) is 0 Å². The van der Waals surface area contributed by atoms with Crippen molar-refractivity contribution in [1.29, 1.82) is 0 Å². The minimum Gasteiger partial charge on any atom is -0.495 e. The average Bonchev–Trinajstić information content (AvgIpc) is 2.14. The molecule has 0 unspecified atom stereocenters. The first-order valence-corrected chi connectivity index (χ1v) is 4.72. The van der Waals surface area contributed by atoms with E-state index in [1.54, 1.807) is 7.11 Å². The van der Waals surface area contributed by atoms with Gasteiger partial charge in [0.25, 0.3) is 0 Å². The van der Waals surface area contributed by atoms with Crippen molar-refractivity contribution in [2.45, 2.75) is 13.8 Å². The Morgan fingerprint density at radius 3 is 2.67 bits per heavy atom. The number of rotatable bonds is 4. The molecule has 0 atom stereocenters. The van der Waals surface area contributed by atoms with Gasteiger partial charge >= 0.3 is 0 Å². The minimum atomic E-state index is -0.392. The van der Waals surface area contributed by atoms with Crippen molar-refractivity contribution in [1.82, 2.24) is 0 Å². The summed E-state index contributed by atoms with van der Waals surface area (Å²) in [6.45, 7) is 4.06. The van der Waals surface area contributed by atoms with Crippen LogP contribution in [0.3, 0.4) is 0 Å². The van der Waals surface area contributed by atoms with Crippen molar-refractivity contribution in [2.24, 2.45) is 5.73 Å². The van der Waals surface area contributed by atoms with Crippen LogP contribution < -0.4 is 15.8 Å². The number of carbonyl (C=O) groups is 1. The molecule has 15 heavy (non-hydrogen) atoms. The summed E-state index contributed by atoms with van der Waals surface area (Å²) >= 11 is 0. The third-order valence-corrected chi connectivity index (χ3v) is 2.10. The molecule has 0 aliphatic rings. The van der Waals surface area contributed by atoms with Gasteiger partial charge in [-0.15, -0.1) is 0 Å². The van der Waals surface area contributed by atoms with Crippen LogP contribution in [0.4, 0.5) is 5.69 Å². The number of hydrogen-bond donors (Lipinski definition) is 2. The molecule has 0 spiro atoms. The lowest BCUT2D eigenvalue weighted by Gasteiger charge is -2.13. The monoisotopic (exact) mass is 208 g/mol. The normalized spacial score (nSPS) is 9.80. The molecule has 4 nitrogen and oxygen atoms in total. The van der Waals surface area contributed by atoms with Crippen molar-refractivity contribution in [3.8, 4) is 5.75 Å². The van der Waals surface area contributed by atoms with Crippen LogP contribution in [0.25, 0.3) is 0 Å². The number of hydrogen-bond acceptors (Lipinski definition) is 3. The number of methoxy groups -OCH3 is 1. The summed E-state index contributed by atoms with van der Waals surface area (Å²) in [5, 5.41) is 2.96. The van der Waals surface area contributed by atoms with Gasteiger partial charge < -0.3 is 15.8 Å². The molecule has 0 aliphatic carbocycles. The molecule has 1 aromatic carbocycles. The molecule has 0 aromatic heterocycles. The lowest BCUT2D eigenvalue weighted by atomic mass is 10.1. The smallest absolute Gasteiger partial charge is 0.236 e. The molecule has 0 heterocycles. The number of nitrogens with two attached hydrogens (primary N) is 1. The van der Waals surface area contributed by atoms with Crippen LogP contribution in [-0.4, -0.2) is 19.6 Å². The van der Waals surface area contributed by atoms with Crippen LogP contribution in [-0.2, 0) is 4.79 Å². The second kappa shape index (κ2) is 4.68. The first-order chi connectivity index (χ1) is 7.04. The summed E-state index contributed by atoms with van der Waals surface area (Å²) in [5.41, 5.74) is 8.05. The first kappa shape index (κ1) is 11.4. The Kier molecular flexibility index (Phi) is 3.55. The van der Waals surface area contributed by atoms with Crippen molar-refractivity contribution < 1.29 is 9.53 Å². The van der Waals surface area contributed by atoms with Crippen LogP contribution in [0.5, 0.6) is 5.75 Å². The Hall–Kier alpha value is -1.71. The highest BCUT2D eigenvalue weighted by Gasteiger charge is 2.07. The van der Waals surface area contributed by atoms with Crippen molar-refractivity contribution in [3.63, 3.8) is 0 Å². The zero-order chi connectivity index (χ0) is 11.4. The SMILES string of the molecule is COc1cc(C)cc(C)c1NCC(N)=O. The summed E-state index contributed by atoms with van der Waals surface area (Å²) in [7, 11) is 1.60. The molecule has 0 bridgehead atoms. The second-order valence-electron chi connectivity index (χ2n) is 3.48. The Labute approximate surface area is 89.4 Å². The molecule has 0 fully saturated rings. The third-order valence-electron chi connectivity index (χ3n) is 2.10. The van der Waals surface area contributed by atoms with Crippen LogP contribution >= 0.6 is 0 Å². The maximum Gasteiger partial charge on any atom is 0.236 e. The number of aryl methyl sites for hydroxylation is 2. The lowest BCUT2D eigenvalue weighted by Crippen LogP contribution is -2.22.